The summed E-state index contributed by atoms with van der Waals surface area (Å²) in [5.41, 5.74) is 2.86. The summed E-state index contributed by atoms with van der Waals surface area (Å²) in [6.45, 7) is 3.05. The van der Waals surface area contributed by atoms with E-state index >= 15 is 0 Å². The van der Waals surface area contributed by atoms with Gasteiger partial charge >= 0.3 is 11.8 Å². The topological polar surface area (TPSA) is 69.7 Å². The fraction of sp³-hybridized carbons (Fsp3) is 0.286. The van der Waals surface area contributed by atoms with E-state index in [2.05, 4.69) is 5.32 Å². The average molecular weight is 365 g/mol. The summed E-state index contributed by atoms with van der Waals surface area (Å²) in [5, 5.41) is 2.81. The molecule has 27 heavy (non-hydrogen) atoms. The van der Waals surface area contributed by atoms with Crippen LogP contribution in [0.3, 0.4) is 0 Å². The Labute approximate surface area is 158 Å². The molecule has 0 saturated carbocycles. The Hall–Kier alpha value is -3.15. The van der Waals surface area contributed by atoms with Crippen molar-refractivity contribution in [2.75, 3.05) is 31.1 Å². The maximum atomic E-state index is 12.4. The number of piperazine rings is 1. The second-order valence-corrected chi connectivity index (χ2v) is 6.61. The molecule has 140 valence electrons. The van der Waals surface area contributed by atoms with Crippen LogP contribution in [0.1, 0.15) is 11.1 Å². The number of amides is 3. The number of nitrogens with one attached hydrogen (secondary N) is 1. The molecule has 0 aromatic heterocycles. The molecule has 1 N–H and O–H groups in total. The zero-order valence-corrected chi connectivity index (χ0v) is 15.4. The molecule has 0 bridgehead atoms. The smallest absolute Gasteiger partial charge is 0.316 e. The van der Waals surface area contributed by atoms with E-state index in [1.54, 1.807) is 0 Å². The standard InChI is InChI=1S/C21H23N3O3/c1-16-6-5-9-18(14-16)24-13-12-23(20(26)21(24)27)15-19(25)22-11-10-17-7-3-2-4-8-17/h2-9,14H,10-13,15H2,1H3,(H,22,25). The summed E-state index contributed by atoms with van der Waals surface area (Å²) >= 11 is 0. The number of hydrogen-bond donors (Lipinski definition) is 1. The highest BCUT2D eigenvalue weighted by molar-refractivity contribution is 6.41. The van der Waals surface area contributed by atoms with Gasteiger partial charge in [-0.15, -0.1) is 0 Å². The minimum Gasteiger partial charge on any atom is -0.354 e. The van der Waals surface area contributed by atoms with E-state index in [0.717, 1.165) is 17.5 Å². The third-order valence-electron chi connectivity index (χ3n) is 4.54. The number of carbonyl (C=O) groups excluding carboxylic acids is 3. The van der Waals surface area contributed by atoms with Gasteiger partial charge in [0.15, 0.2) is 0 Å². The highest BCUT2D eigenvalue weighted by Crippen LogP contribution is 2.19. The first kappa shape index (κ1) is 18.6. The molecule has 1 aliphatic rings. The number of benzene rings is 2. The fourth-order valence-electron chi connectivity index (χ4n) is 3.09. The van der Waals surface area contributed by atoms with Gasteiger partial charge in [-0.1, -0.05) is 42.5 Å². The number of aryl methyl sites for hydroxylation is 1. The molecule has 0 spiro atoms. The number of nitrogens with zero attached hydrogens (tertiary/aromatic N) is 2. The SMILES string of the molecule is Cc1cccc(N2CCN(CC(=O)NCCc3ccccc3)C(=O)C2=O)c1. The van der Waals surface area contributed by atoms with Gasteiger partial charge in [0.2, 0.25) is 5.91 Å². The zero-order chi connectivity index (χ0) is 19.2. The molecular formula is C21H23N3O3. The Morgan fingerprint density at radius 3 is 2.52 bits per heavy atom. The lowest BCUT2D eigenvalue weighted by Gasteiger charge is -2.33. The van der Waals surface area contributed by atoms with Crippen molar-refractivity contribution in [1.29, 1.82) is 0 Å². The van der Waals surface area contributed by atoms with Crippen LogP contribution in [-0.4, -0.2) is 48.8 Å². The van der Waals surface area contributed by atoms with Crippen molar-refractivity contribution in [3.8, 4) is 0 Å². The van der Waals surface area contributed by atoms with Crippen molar-refractivity contribution < 1.29 is 14.4 Å². The first-order chi connectivity index (χ1) is 13.0. The molecule has 0 unspecified atom stereocenters. The Kier molecular flexibility index (Phi) is 5.86. The third kappa shape index (κ3) is 4.73. The molecule has 1 fully saturated rings. The molecule has 1 aliphatic heterocycles. The normalized spacial score (nSPS) is 14.4. The molecule has 6 heteroatoms. The summed E-state index contributed by atoms with van der Waals surface area (Å²) in [4.78, 5) is 39.7. The summed E-state index contributed by atoms with van der Waals surface area (Å²) in [5.74, 6) is -1.49. The van der Waals surface area contributed by atoms with E-state index in [0.29, 0.717) is 25.3 Å². The third-order valence-corrected chi connectivity index (χ3v) is 4.54. The van der Waals surface area contributed by atoms with Crippen LogP contribution in [0.15, 0.2) is 54.6 Å². The Balaban J connectivity index is 1.51. The largest absolute Gasteiger partial charge is 0.354 e. The van der Waals surface area contributed by atoms with Crippen LogP contribution < -0.4 is 10.2 Å². The van der Waals surface area contributed by atoms with Crippen LogP contribution in [0.4, 0.5) is 5.69 Å². The molecule has 2 aromatic carbocycles. The minimum absolute atomic E-state index is 0.0962. The second kappa shape index (κ2) is 8.49. The lowest BCUT2D eigenvalue weighted by Crippen LogP contribution is -2.56. The van der Waals surface area contributed by atoms with E-state index in [-0.39, 0.29) is 12.5 Å². The number of carbonyl (C=O) groups is 3. The van der Waals surface area contributed by atoms with Crippen LogP contribution >= 0.6 is 0 Å². The maximum Gasteiger partial charge on any atom is 0.316 e. The summed E-state index contributed by atoms with van der Waals surface area (Å²) in [7, 11) is 0. The van der Waals surface area contributed by atoms with Crippen LogP contribution in [0.2, 0.25) is 0 Å². The van der Waals surface area contributed by atoms with Gasteiger partial charge in [-0.3, -0.25) is 14.4 Å². The van der Waals surface area contributed by atoms with Crippen LogP contribution in [0.25, 0.3) is 0 Å². The molecule has 0 aliphatic carbocycles. The molecule has 0 atom stereocenters. The van der Waals surface area contributed by atoms with Crippen molar-refractivity contribution in [2.45, 2.75) is 13.3 Å². The van der Waals surface area contributed by atoms with Gasteiger partial charge in [0.25, 0.3) is 0 Å². The monoisotopic (exact) mass is 365 g/mol. The number of anilines is 1. The molecule has 1 heterocycles. The molecule has 0 radical (unpaired) electrons. The minimum atomic E-state index is -0.638. The van der Waals surface area contributed by atoms with Gasteiger partial charge in [0, 0.05) is 25.3 Å². The molecule has 1 saturated heterocycles. The lowest BCUT2D eigenvalue weighted by atomic mass is 10.1. The second-order valence-electron chi connectivity index (χ2n) is 6.61. The van der Waals surface area contributed by atoms with E-state index in [4.69, 9.17) is 0 Å². The van der Waals surface area contributed by atoms with Crippen LogP contribution in [0.5, 0.6) is 0 Å². The first-order valence-corrected chi connectivity index (χ1v) is 9.02. The summed E-state index contributed by atoms with van der Waals surface area (Å²) < 4.78 is 0. The Morgan fingerprint density at radius 2 is 1.78 bits per heavy atom. The molecule has 6 nitrogen and oxygen atoms in total. The van der Waals surface area contributed by atoms with Crippen molar-refractivity contribution in [3.05, 3.63) is 65.7 Å². The van der Waals surface area contributed by atoms with Gasteiger partial charge in [-0.05, 0) is 36.6 Å². The van der Waals surface area contributed by atoms with E-state index in [9.17, 15) is 14.4 Å². The maximum absolute atomic E-state index is 12.4. The van der Waals surface area contributed by atoms with Crippen molar-refractivity contribution in [2.24, 2.45) is 0 Å². The van der Waals surface area contributed by atoms with Gasteiger partial charge in [0.05, 0.1) is 0 Å². The van der Waals surface area contributed by atoms with E-state index in [1.807, 2.05) is 61.5 Å². The number of hydrogen-bond acceptors (Lipinski definition) is 3. The van der Waals surface area contributed by atoms with Gasteiger partial charge < -0.3 is 15.1 Å². The van der Waals surface area contributed by atoms with Crippen molar-refractivity contribution in [1.82, 2.24) is 10.2 Å². The van der Waals surface area contributed by atoms with Crippen molar-refractivity contribution in [3.63, 3.8) is 0 Å². The molecule has 2 aromatic rings. The zero-order valence-electron chi connectivity index (χ0n) is 15.4. The molecule has 3 rings (SSSR count). The van der Waals surface area contributed by atoms with Crippen molar-refractivity contribution >= 4 is 23.4 Å². The summed E-state index contributed by atoms with van der Waals surface area (Å²) in [6.07, 6.45) is 0.723. The lowest BCUT2D eigenvalue weighted by molar-refractivity contribution is -0.147. The first-order valence-electron chi connectivity index (χ1n) is 9.02. The molecular weight excluding hydrogens is 342 g/mol. The fourth-order valence-corrected chi connectivity index (χ4v) is 3.09. The predicted molar refractivity (Wildman–Crippen MR) is 103 cm³/mol. The van der Waals surface area contributed by atoms with Crippen LogP contribution in [0, 0.1) is 6.92 Å². The average Bonchev–Trinajstić information content (AvgIpc) is 2.66. The summed E-state index contributed by atoms with van der Waals surface area (Å²) in [6, 6.07) is 17.3. The highest BCUT2D eigenvalue weighted by atomic mass is 16.2. The van der Waals surface area contributed by atoms with E-state index < -0.39 is 11.8 Å². The highest BCUT2D eigenvalue weighted by Gasteiger charge is 2.34. The van der Waals surface area contributed by atoms with Gasteiger partial charge in [0.1, 0.15) is 6.54 Å². The Bertz CT molecular complexity index is 836. The Morgan fingerprint density at radius 1 is 1.00 bits per heavy atom. The predicted octanol–water partition coefficient (Wildman–Crippen LogP) is 1.53. The number of rotatable bonds is 6. The quantitative estimate of drug-likeness (QED) is 0.790. The van der Waals surface area contributed by atoms with E-state index in [1.165, 1.54) is 9.80 Å². The van der Waals surface area contributed by atoms with Gasteiger partial charge in [-0.2, -0.15) is 0 Å². The van der Waals surface area contributed by atoms with Gasteiger partial charge in [-0.25, -0.2) is 0 Å². The van der Waals surface area contributed by atoms with Crippen LogP contribution in [-0.2, 0) is 20.8 Å². The molecule has 3 amide bonds.